The summed E-state index contributed by atoms with van der Waals surface area (Å²) in [5, 5.41) is 1.94. The van der Waals surface area contributed by atoms with Crippen molar-refractivity contribution >= 4 is 28.7 Å². The number of rotatable bonds is 5. The molecular weight excluding hydrogens is 320 g/mol. The molecule has 6 heteroatoms. The van der Waals surface area contributed by atoms with E-state index in [0.717, 1.165) is 10.8 Å². The van der Waals surface area contributed by atoms with Crippen molar-refractivity contribution in [3.05, 3.63) is 72.7 Å². The van der Waals surface area contributed by atoms with Gasteiger partial charge in [-0.3, -0.25) is 20.4 Å². The van der Waals surface area contributed by atoms with Crippen LogP contribution >= 0.6 is 0 Å². The van der Waals surface area contributed by atoms with Gasteiger partial charge >= 0.3 is 0 Å². The van der Waals surface area contributed by atoms with Crippen molar-refractivity contribution in [3.63, 3.8) is 0 Å². The number of amides is 2. The molecule has 0 saturated carbocycles. The third-order valence-corrected chi connectivity index (χ3v) is 3.38. The first-order valence-electron chi connectivity index (χ1n) is 7.63. The zero-order valence-electron chi connectivity index (χ0n) is 13.3. The number of furan rings is 1. The topological polar surface area (TPSA) is 80.6 Å². The van der Waals surface area contributed by atoms with Gasteiger partial charge in [0.15, 0.2) is 6.61 Å². The van der Waals surface area contributed by atoms with E-state index in [0.29, 0.717) is 11.5 Å². The molecule has 0 saturated heterocycles. The lowest BCUT2D eigenvalue weighted by Gasteiger charge is -2.09. The summed E-state index contributed by atoms with van der Waals surface area (Å²) >= 11 is 0. The van der Waals surface area contributed by atoms with Crippen LogP contribution in [0, 0.1) is 0 Å². The van der Waals surface area contributed by atoms with Gasteiger partial charge in [0.05, 0.1) is 6.26 Å². The number of benzene rings is 2. The number of hydrazine groups is 1. The van der Waals surface area contributed by atoms with Crippen molar-refractivity contribution in [1.82, 2.24) is 10.9 Å². The third-order valence-electron chi connectivity index (χ3n) is 3.38. The van der Waals surface area contributed by atoms with Crippen molar-refractivity contribution in [3.8, 4) is 5.75 Å². The first-order valence-corrected chi connectivity index (χ1v) is 7.63. The highest BCUT2D eigenvalue weighted by atomic mass is 16.5. The SMILES string of the molecule is O=C(/C=C/c1ccco1)NNC(=O)COc1cccc2ccccc12. The van der Waals surface area contributed by atoms with Gasteiger partial charge in [-0.1, -0.05) is 36.4 Å². The Morgan fingerprint density at radius 1 is 1.00 bits per heavy atom. The van der Waals surface area contributed by atoms with Crippen LogP contribution in [-0.2, 0) is 9.59 Å². The van der Waals surface area contributed by atoms with Crippen LogP contribution in [0.25, 0.3) is 16.8 Å². The number of hydrogen-bond acceptors (Lipinski definition) is 4. The van der Waals surface area contributed by atoms with E-state index in [4.69, 9.17) is 9.15 Å². The zero-order valence-corrected chi connectivity index (χ0v) is 13.3. The molecule has 3 rings (SSSR count). The van der Waals surface area contributed by atoms with E-state index in [1.165, 1.54) is 18.4 Å². The molecule has 1 aromatic heterocycles. The van der Waals surface area contributed by atoms with E-state index < -0.39 is 11.8 Å². The number of carbonyl (C=O) groups excluding carboxylic acids is 2. The van der Waals surface area contributed by atoms with Crippen molar-refractivity contribution in [2.75, 3.05) is 6.61 Å². The van der Waals surface area contributed by atoms with Crippen LogP contribution in [-0.4, -0.2) is 18.4 Å². The van der Waals surface area contributed by atoms with Gasteiger partial charge in [0.1, 0.15) is 11.5 Å². The Kier molecular flexibility index (Phi) is 5.11. The van der Waals surface area contributed by atoms with E-state index in [9.17, 15) is 9.59 Å². The average Bonchev–Trinajstić information content (AvgIpc) is 3.16. The quantitative estimate of drug-likeness (QED) is 0.554. The lowest BCUT2D eigenvalue weighted by Crippen LogP contribution is -2.43. The number of carbonyl (C=O) groups is 2. The molecule has 0 aliphatic carbocycles. The monoisotopic (exact) mass is 336 g/mol. The van der Waals surface area contributed by atoms with Crippen molar-refractivity contribution in [1.29, 1.82) is 0 Å². The van der Waals surface area contributed by atoms with Crippen molar-refractivity contribution < 1.29 is 18.7 Å². The van der Waals surface area contributed by atoms with E-state index in [-0.39, 0.29) is 6.61 Å². The molecule has 0 radical (unpaired) electrons. The van der Waals surface area contributed by atoms with Crippen LogP contribution in [0.4, 0.5) is 0 Å². The summed E-state index contributed by atoms with van der Waals surface area (Å²) < 4.78 is 10.6. The standard InChI is InChI=1S/C19H16N2O4/c22-18(11-10-15-7-4-12-24-15)20-21-19(23)13-25-17-9-3-6-14-5-1-2-8-16(14)17/h1-12H,13H2,(H,20,22)(H,21,23)/b11-10+. The van der Waals surface area contributed by atoms with Gasteiger partial charge < -0.3 is 9.15 Å². The summed E-state index contributed by atoms with van der Waals surface area (Å²) in [6, 6.07) is 16.8. The molecule has 3 aromatic rings. The molecule has 1 heterocycles. The molecule has 0 bridgehead atoms. The number of ether oxygens (including phenoxy) is 1. The van der Waals surface area contributed by atoms with Crippen LogP contribution in [0.2, 0.25) is 0 Å². The lowest BCUT2D eigenvalue weighted by molar-refractivity contribution is -0.128. The van der Waals surface area contributed by atoms with Gasteiger partial charge in [-0.25, -0.2) is 0 Å². The number of fused-ring (bicyclic) bond motifs is 1. The van der Waals surface area contributed by atoms with Gasteiger partial charge in [-0.15, -0.1) is 0 Å². The summed E-state index contributed by atoms with van der Waals surface area (Å²) in [5.74, 6) is 0.209. The molecule has 0 atom stereocenters. The highest BCUT2D eigenvalue weighted by Gasteiger charge is 2.06. The van der Waals surface area contributed by atoms with Crippen LogP contribution in [0.1, 0.15) is 5.76 Å². The summed E-state index contributed by atoms with van der Waals surface area (Å²) in [7, 11) is 0. The summed E-state index contributed by atoms with van der Waals surface area (Å²) in [4.78, 5) is 23.4. The minimum absolute atomic E-state index is 0.212. The Bertz CT molecular complexity index is 895. The Balaban J connectivity index is 1.48. The smallest absolute Gasteiger partial charge is 0.276 e. The molecule has 2 N–H and O–H groups in total. The lowest BCUT2D eigenvalue weighted by atomic mass is 10.1. The van der Waals surface area contributed by atoms with Gasteiger partial charge in [0.25, 0.3) is 11.8 Å². The van der Waals surface area contributed by atoms with Gasteiger partial charge in [-0.05, 0) is 29.7 Å². The second kappa shape index (κ2) is 7.83. The van der Waals surface area contributed by atoms with E-state index in [1.807, 2.05) is 36.4 Å². The van der Waals surface area contributed by atoms with Gasteiger partial charge in [0.2, 0.25) is 0 Å². The maximum Gasteiger partial charge on any atom is 0.276 e. The molecule has 126 valence electrons. The van der Waals surface area contributed by atoms with Gasteiger partial charge in [0, 0.05) is 11.5 Å². The first kappa shape index (κ1) is 16.3. The molecular formula is C19H16N2O4. The number of nitrogens with one attached hydrogen (secondary N) is 2. The van der Waals surface area contributed by atoms with Crippen LogP contribution < -0.4 is 15.6 Å². The fourth-order valence-electron chi connectivity index (χ4n) is 2.22. The molecule has 6 nitrogen and oxygen atoms in total. The molecule has 25 heavy (non-hydrogen) atoms. The third kappa shape index (κ3) is 4.48. The Morgan fingerprint density at radius 2 is 1.84 bits per heavy atom. The zero-order chi connectivity index (χ0) is 17.5. The molecule has 0 aliphatic rings. The molecule has 0 fully saturated rings. The largest absolute Gasteiger partial charge is 0.483 e. The molecule has 2 aromatic carbocycles. The van der Waals surface area contributed by atoms with Crippen LogP contribution in [0.3, 0.4) is 0 Å². The molecule has 0 spiro atoms. The van der Waals surface area contributed by atoms with E-state index in [2.05, 4.69) is 10.9 Å². The van der Waals surface area contributed by atoms with Gasteiger partial charge in [-0.2, -0.15) is 0 Å². The van der Waals surface area contributed by atoms with Crippen LogP contribution in [0.5, 0.6) is 5.75 Å². The predicted molar refractivity (Wildman–Crippen MR) is 93.5 cm³/mol. The minimum atomic E-state index is -0.477. The molecule has 0 unspecified atom stereocenters. The molecule has 0 aliphatic heterocycles. The highest BCUT2D eigenvalue weighted by Crippen LogP contribution is 2.24. The van der Waals surface area contributed by atoms with Crippen molar-refractivity contribution in [2.45, 2.75) is 0 Å². The average molecular weight is 336 g/mol. The first-order chi connectivity index (χ1) is 12.2. The molecule has 2 amide bonds. The maximum atomic E-state index is 11.8. The van der Waals surface area contributed by atoms with E-state index in [1.54, 1.807) is 18.2 Å². The fourth-order valence-corrected chi connectivity index (χ4v) is 2.22. The normalized spacial score (nSPS) is 10.7. The minimum Gasteiger partial charge on any atom is -0.483 e. The van der Waals surface area contributed by atoms with Crippen molar-refractivity contribution in [2.24, 2.45) is 0 Å². The highest BCUT2D eigenvalue weighted by molar-refractivity contribution is 5.93. The fraction of sp³-hybridized carbons (Fsp3) is 0.0526. The predicted octanol–water partition coefficient (Wildman–Crippen LogP) is 2.67. The Hall–Kier alpha value is -3.54. The summed E-state index contributed by atoms with van der Waals surface area (Å²) in [6.45, 7) is -0.212. The van der Waals surface area contributed by atoms with E-state index >= 15 is 0 Å². The second-order valence-electron chi connectivity index (χ2n) is 5.15. The second-order valence-corrected chi connectivity index (χ2v) is 5.15. The Morgan fingerprint density at radius 3 is 2.68 bits per heavy atom. The van der Waals surface area contributed by atoms with Crippen LogP contribution in [0.15, 0.2) is 71.4 Å². The summed E-state index contributed by atoms with van der Waals surface area (Å²) in [5.41, 5.74) is 4.56. The number of hydrogen-bond donors (Lipinski definition) is 2. The Labute approximate surface area is 144 Å². The summed E-state index contributed by atoms with van der Waals surface area (Å²) in [6.07, 6.45) is 4.25. The maximum absolute atomic E-state index is 11.8.